The lowest BCUT2D eigenvalue weighted by atomic mass is 10.4. The maximum Gasteiger partial charge on any atom is 0.160 e. The van der Waals surface area contributed by atoms with Crippen molar-refractivity contribution in [3.63, 3.8) is 0 Å². The average Bonchev–Trinajstić information content (AvgIpc) is 2.19. The minimum Gasteiger partial charge on any atom is -0.356 e. The molecule has 0 spiro atoms. The van der Waals surface area contributed by atoms with Gasteiger partial charge < -0.3 is 14.2 Å². The van der Waals surface area contributed by atoms with Crippen LogP contribution in [0.25, 0.3) is 0 Å². The SMILES string of the molecule is CCCOC(CC)OC(CC)OC. The highest BCUT2D eigenvalue weighted by molar-refractivity contribution is 4.44. The molecule has 0 aliphatic heterocycles. The van der Waals surface area contributed by atoms with E-state index in [4.69, 9.17) is 14.2 Å². The molecule has 0 radical (unpaired) electrons. The Labute approximate surface area is 81.4 Å². The third kappa shape index (κ3) is 6.02. The zero-order valence-electron chi connectivity index (χ0n) is 9.21. The number of methoxy groups -OCH3 is 1. The van der Waals surface area contributed by atoms with Gasteiger partial charge >= 0.3 is 0 Å². The second-order valence-corrected chi connectivity index (χ2v) is 2.92. The molecule has 2 unspecified atom stereocenters. The van der Waals surface area contributed by atoms with Crippen LogP contribution in [0.3, 0.4) is 0 Å². The van der Waals surface area contributed by atoms with Crippen molar-refractivity contribution >= 4 is 0 Å². The van der Waals surface area contributed by atoms with Gasteiger partial charge in [0.15, 0.2) is 12.6 Å². The highest BCUT2D eigenvalue weighted by Gasteiger charge is 2.12. The molecule has 0 aromatic heterocycles. The van der Waals surface area contributed by atoms with Crippen molar-refractivity contribution < 1.29 is 14.2 Å². The Hall–Kier alpha value is -0.120. The zero-order valence-corrected chi connectivity index (χ0v) is 9.21. The van der Waals surface area contributed by atoms with Crippen molar-refractivity contribution in [3.05, 3.63) is 0 Å². The van der Waals surface area contributed by atoms with Crippen LogP contribution in [0.1, 0.15) is 40.0 Å². The van der Waals surface area contributed by atoms with Gasteiger partial charge in [0, 0.05) is 13.7 Å². The molecule has 0 saturated carbocycles. The average molecular weight is 190 g/mol. The number of hydrogen-bond donors (Lipinski definition) is 0. The van der Waals surface area contributed by atoms with E-state index >= 15 is 0 Å². The fraction of sp³-hybridized carbons (Fsp3) is 1.00. The smallest absolute Gasteiger partial charge is 0.160 e. The Morgan fingerprint density at radius 3 is 2.00 bits per heavy atom. The molecule has 0 aromatic carbocycles. The molecule has 3 nitrogen and oxygen atoms in total. The van der Waals surface area contributed by atoms with E-state index < -0.39 is 0 Å². The molecule has 0 fully saturated rings. The number of hydrogen-bond acceptors (Lipinski definition) is 3. The maximum atomic E-state index is 5.56. The molecule has 0 saturated heterocycles. The van der Waals surface area contributed by atoms with Crippen LogP contribution < -0.4 is 0 Å². The van der Waals surface area contributed by atoms with Gasteiger partial charge in [0.2, 0.25) is 0 Å². The fourth-order valence-electron chi connectivity index (χ4n) is 0.990. The second-order valence-electron chi connectivity index (χ2n) is 2.92. The summed E-state index contributed by atoms with van der Waals surface area (Å²) in [7, 11) is 1.65. The summed E-state index contributed by atoms with van der Waals surface area (Å²) < 4.78 is 16.1. The normalized spacial score (nSPS) is 15.7. The van der Waals surface area contributed by atoms with Crippen LogP contribution in [0.2, 0.25) is 0 Å². The van der Waals surface area contributed by atoms with Crippen LogP contribution in [0, 0.1) is 0 Å². The molecular formula is C10H22O3. The number of ether oxygens (including phenoxy) is 3. The van der Waals surface area contributed by atoms with E-state index in [1.54, 1.807) is 7.11 Å². The third-order valence-electron chi connectivity index (χ3n) is 1.74. The van der Waals surface area contributed by atoms with Gasteiger partial charge in [0.05, 0.1) is 0 Å². The van der Waals surface area contributed by atoms with E-state index in [2.05, 4.69) is 6.92 Å². The Kier molecular flexibility index (Phi) is 8.40. The first-order valence-corrected chi connectivity index (χ1v) is 5.08. The molecular weight excluding hydrogens is 168 g/mol. The minimum absolute atomic E-state index is 0.121. The van der Waals surface area contributed by atoms with E-state index in [1.165, 1.54) is 0 Å². The second kappa shape index (κ2) is 8.48. The van der Waals surface area contributed by atoms with Gasteiger partial charge in [-0.05, 0) is 19.3 Å². The molecule has 0 aliphatic rings. The van der Waals surface area contributed by atoms with Gasteiger partial charge in [-0.2, -0.15) is 0 Å². The van der Waals surface area contributed by atoms with Crippen LogP contribution in [-0.4, -0.2) is 26.3 Å². The van der Waals surface area contributed by atoms with Gasteiger partial charge in [-0.1, -0.05) is 20.8 Å². The molecule has 0 aromatic rings. The third-order valence-corrected chi connectivity index (χ3v) is 1.74. The lowest BCUT2D eigenvalue weighted by Gasteiger charge is -2.22. The van der Waals surface area contributed by atoms with Gasteiger partial charge in [-0.15, -0.1) is 0 Å². The first kappa shape index (κ1) is 12.9. The molecule has 13 heavy (non-hydrogen) atoms. The van der Waals surface area contributed by atoms with E-state index in [0.29, 0.717) is 0 Å². The van der Waals surface area contributed by atoms with Gasteiger partial charge in [0.1, 0.15) is 0 Å². The van der Waals surface area contributed by atoms with Crippen LogP contribution >= 0.6 is 0 Å². The molecule has 0 N–H and O–H groups in total. The molecule has 2 atom stereocenters. The first-order chi connectivity index (χ1) is 6.28. The van der Waals surface area contributed by atoms with Crippen molar-refractivity contribution in [2.75, 3.05) is 13.7 Å². The van der Waals surface area contributed by atoms with Crippen molar-refractivity contribution in [1.29, 1.82) is 0 Å². The highest BCUT2D eigenvalue weighted by Crippen LogP contribution is 2.08. The van der Waals surface area contributed by atoms with E-state index in [-0.39, 0.29) is 12.6 Å². The summed E-state index contributed by atoms with van der Waals surface area (Å²) in [6.07, 6.45) is 2.47. The summed E-state index contributed by atoms with van der Waals surface area (Å²) in [5.74, 6) is 0. The van der Waals surface area contributed by atoms with E-state index in [9.17, 15) is 0 Å². The van der Waals surface area contributed by atoms with Gasteiger partial charge in [-0.25, -0.2) is 0 Å². The predicted molar refractivity (Wildman–Crippen MR) is 52.5 cm³/mol. The molecule has 3 heteroatoms. The Balaban J connectivity index is 3.67. The van der Waals surface area contributed by atoms with Crippen LogP contribution in [0.5, 0.6) is 0 Å². The standard InChI is InChI=1S/C10H22O3/c1-5-8-12-10(7-3)13-9(6-2)11-4/h9-10H,5-8H2,1-4H3. The topological polar surface area (TPSA) is 27.7 Å². The Morgan fingerprint density at radius 1 is 1.00 bits per heavy atom. The summed E-state index contributed by atoms with van der Waals surface area (Å²) in [5.41, 5.74) is 0. The molecule has 0 bridgehead atoms. The molecule has 0 heterocycles. The Bertz CT molecular complexity index is 102. The molecule has 0 aliphatic carbocycles. The number of rotatable bonds is 8. The highest BCUT2D eigenvalue weighted by atomic mass is 16.8. The quantitative estimate of drug-likeness (QED) is 0.550. The van der Waals surface area contributed by atoms with Gasteiger partial charge in [0.25, 0.3) is 0 Å². The van der Waals surface area contributed by atoms with Crippen molar-refractivity contribution in [3.8, 4) is 0 Å². The Morgan fingerprint density at radius 2 is 1.62 bits per heavy atom. The van der Waals surface area contributed by atoms with Crippen molar-refractivity contribution in [2.24, 2.45) is 0 Å². The molecule has 80 valence electrons. The fourth-order valence-corrected chi connectivity index (χ4v) is 0.990. The maximum absolute atomic E-state index is 5.56. The van der Waals surface area contributed by atoms with Crippen LogP contribution in [0.4, 0.5) is 0 Å². The van der Waals surface area contributed by atoms with Crippen molar-refractivity contribution in [2.45, 2.75) is 52.6 Å². The summed E-state index contributed by atoms with van der Waals surface area (Å²) in [6.45, 7) is 6.91. The van der Waals surface area contributed by atoms with Crippen LogP contribution in [-0.2, 0) is 14.2 Å². The van der Waals surface area contributed by atoms with E-state index in [0.717, 1.165) is 25.9 Å². The van der Waals surface area contributed by atoms with Gasteiger partial charge in [-0.3, -0.25) is 0 Å². The monoisotopic (exact) mass is 190 g/mol. The summed E-state index contributed by atoms with van der Waals surface area (Å²) in [4.78, 5) is 0. The summed E-state index contributed by atoms with van der Waals surface area (Å²) in [5, 5.41) is 0. The lowest BCUT2D eigenvalue weighted by Crippen LogP contribution is -2.25. The largest absolute Gasteiger partial charge is 0.356 e. The summed E-state index contributed by atoms with van der Waals surface area (Å²) in [6, 6.07) is 0. The van der Waals surface area contributed by atoms with Crippen LogP contribution in [0.15, 0.2) is 0 Å². The van der Waals surface area contributed by atoms with Crippen molar-refractivity contribution in [1.82, 2.24) is 0 Å². The van der Waals surface area contributed by atoms with E-state index in [1.807, 2.05) is 13.8 Å². The first-order valence-electron chi connectivity index (χ1n) is 5.08. The zero-order chi connectivity index (χ0) is 10.1. The molecule has 0 amide bonds. The predicted octanol–water partition coefficient (Wildman–Crippen LogP) is 2.55. The lowest BCUT2D eigenvalue weighted by molar-refractivity contribution is -0.238. The minimum atomic E-state index is -0.137. The molecule has 0 rings (SSSR count). The summed E-state index contributed by atoms with van der Waals surface area (Å²) >= 11 is 0.